The Morgan fingerprint density at radius 1 is 1.30 bits per heavy atom. The highest BCUT2D eigenvalue weighted by Crippen LogP contribution is 2.20. The molecule has 7 heteroatoms. The monoisotopic (exact) mass is 293 g/mol. The number of nitrogens with one attached hydrogen (secondary N) is 1. The van der Waals surface area contributed by atoms with Gasteiger partial charge in [-0.3, -0.25) is 4.79 Å². The van der Waals surface area contributed by atoms with Crippen molar-refractivity contribution in [2.75, 3.05) is 0 Å². The number of thioether (sulfide) groups is 1. The number of nitrogens with zero attached hydrogens (tertiary/aromatic N) is 4. The molecule has 0 aliphatic carbocycles. The third kappa shape index (κ3) is 3.27. The molecule has 2 rings (SSSR count). The van der Waals surface area contributed by atoms with Crippen molar-refractivity contribution in [2.24, 2.45) is 0 Å². The number of amides is 1. The second-order valence-electron chi connectivity index (χ2n) is 5.07. The van der Waals surface area contributed by atoms with Gasteiger partial charge in [0.2, 0.25) is 11.1 Å². The average molecular weight is 293 g/mol. The SMILES string of the molecule is Cc1cc(C)n2nc(SC(C)C(=O)NC(C)C)nc2n1. The summed E-state index contributed by atoms with van der Waals surface area (Å²) in [5.74, 6) is 0.561. The van der Waals surface area contributed by atoms with Gasteiger partial charge in [-0.1, -0.05) is 11.8 Å². The highest BCUT2D eigenvalue weighted by Gasteiger charge is 2.18. The van der Waals surface area contributed by atoms with Crippen molar-refractivity contribution < 1.29 is 4.79 Å². The standard InChI is InChI=1S/C13H19N5OS/c1-7(2)14-11(19)10(5)20-13-16-12-15-8(3)6-9(4)18(12)17-13/h6-7,10H,1-5H3,(H,14,19). The van der Waals surface area contributed by atoms with E-state index in [0.29, 0.717) is 10.9 Å². The number of hydrogen-bond acceptors (Lipinski definition) is 5. The number of aryl methyl sites for hydroxylation is 2. The van der Waals surface area contributed by atoms with Crippen molar-refractivity contribution in [1.29, 1.82) is 0 Å². The normalized spacial score (nSPS) is 12.9. The first-order valence-corrected chi connectivity index (χ1v) is 7.43. The first kappa shape index (κ1) is 14.8. The lowest BCUT2D eigenvalue weighted by molar-refractivity contribution is -0.120. The van der Waals surface area contributed by atoms with Gasteiger partial charge in [0.05, 0.1) is 5.25 Å². The van der Waals surface area contributed by atoms with Crippen molar-refractivity contribution >= 4 is 23.4 Å². The minimum Gasteiger partial charge on any atom is -0.353 e. The van der Waals surface area contributed by atoms with Crippen LogP contribution in [0, 0.1) is 13.8 Å². The van der Waals surface area contributed by atoms with Gasteiger partial charge < -0.3 is 5.32 Å². The number of hydrogen-bond donors (Lipinski definition) is 1. The van der Waals surface area contributed by atoms with E-state index >= 15 is 0 Å². The molecule has 6 nitrogen and oxygen atoms in total. The molecule has 0 spiro atoms. The van der Waals surface area contributed by atoms with Gasteiger partial charge in [-0.25, -0.2) is 9.50 Å². The summed E-state index contributed by atoms with van der Waals surface area (Å²) in [6.45, 7) is 9.61. The zero-order valence-corrected chi connectivity index (χ0v) is 13.2. The Bertz CT molecular complexity index is 637. The van der Waals surface area contributed by atoms with E-state index < -0.39 is 0 Å². The minimum absolute atomic E-state index is 0.00952. The first-order valence-electron chi connectivity index (χ1n) is 6.55. The Balaban J connectivity index is 2.18. The molecule has 0 aliphatic rings. The summed E-state index contributed by atoms with van der Waals surface area (Å²) < 4.78 is 1.70. The van der Waals surface area contributed by atoms with Gasteiger partial charge in [0.1, 0.15) is 0 Å². The molecule has 0 saturated carbocycles. The topological polar surface area (TPSA) is 72.2 Å². The summed E-state index contributed by atoms with van der Waals surface area (Å²) in [5, 5.41) is 7.59. The Labute approximate surface area is 122 Å². The Morgan fingerprint density at radius 2 is 2.00 bits per heavy atom. The van der Waals surface area contributed by atoms with Crippen LogP contribution in [0.4, 0.5) is 0 Å². The van der Waals surface area contributed by atoms with E-state index in [4.69, 9.17) is 0 Å². The lowest BCUT2D eigenvalue weighted by Gasteiger charge is -2.12. The molecule has 1 N–H and O–H groups in total. The van der Waals surface area contributed by atoms with Gasteiger partial charge in [-0.05, 0) is 40.7 Å². The molecule has 0 radical (unpaired) electrons. The zero-order valence-electron chi connectivity index (χ0n) is 12.3. The average Bonchev–Trinajstić information content (AvgIpc) is 2.70. The van der Waals surface area contributed by atoms with Crippen molar-refractivity contribution in [3.63, 3.8) is 0 Å². The molecular formula is C13H19N5OS. The third-order valence-electron chi connectivity index (χ3n) is 2.68. The molecule has 0 aliphatic heterocycles. The molecule has 2 aromatic rings. The first-order chi connectivity index (χ1) is 9.36. The predicted octanol–water partition coefficient (Wildman–Crippen LogP) is 1.75. The molecule has 1 unspecified atom stereocenters. The van der Waals surface area contributed by atoms with Crippen molar-refractivity contribution in [1.82, 2.24) is 24.9 Å². The molecule has 0 saturated heterocycles. The molecule has 0 bridgehead atoms. The van der Waals surface area contributed by atoms with Gasteiger partial charge in [0.25, 0.3) is 5.78 Å². The summed E-state index contributed by atoms with van der Waals surface area (Å²) in [6, 6.07) is 2.08. The van der Waals surface area contributed by atoms with Crippen LogP contribution in [0.2, 0.25) is 0 Å². The Morgan fingerprint density at radius 3 is 2.65 bits per heavy atom. The third-order valence-corrected chi connectivity index (χ3v) is 3.63. The fourth-order valence-electron chi connectivity index (χ4n) is 1.81. The summed E-state index contributed by atoms with van der Waals surface area (Å²) >= 11 is 1.34. The van der Waals surface area contributed by atoms with Gasteiger partial charge >= 0.3 is 0 Å². The summed E-state index contributed by atoms with van der Waals surface area (Å²) in [6.07, 6.45) is 0. The predicted molar refractivity (Wildman–Crippen MR) is 78.9 cm³/mol. The van der Waals surface area contributed by atoms with Crippen LogP contribution in [0.15, 0.2) is 11.2 Å². The van der Waals surface area contributed by atoms with Crippen LogP contribution in [0.5, 0.6) is 0 Å². The molecule has 1 atom stereocenters. The molecular weight excluding hydrogens is 274 g/mol. The number of fused-ring (bicyclic) bond motifs is 1. The van der Waals surface area contributed by atoms with E-state index in [-0.39, 0.29) is 17.2 Å². The van der Waals surface area contributed by atoms with Crippen LogP contribution >= 0.6 is 11.8 Å². The fourth-order valence-corrected chi connectivity index (χ4v) is 2.57. The molecule has 108 valence electrons. The highest BCUT2D eigenvalue weighted by molar-refractivity contribution is 8.00. The zero-order chi connectivity index (χ0) is 14.9. The molecule has 2 aromatic heterocycles. The highest BCUT2D eigenvalue weighted by atomic mass is 32.2. The van der Waals surface area contributed by atoms with E-state index in [9.17, 15) is 4.79 Å². The summed E-state index contributed by atoms with van der Waals surface area (Å²) in [7, 11) is 0. The lowest BCUT2D eigenvalue weighted by atomic mass is 10.3. The second kappa shape index (κ2) is 5.78. The minimum atomic E-state index is -0.240. The Kier molecular flexibility index (Phi) is 4.27. The van der Waals surface area contributed by atoms with Gasteiger partial charge in [-0.15, -0.1) is 5.10 Å². The van der Waals surface area contributed by atoms with Crippen molar-refractivity contribution in [2.45, 2.75) is 51.1 Å². The number of carbonyl (C=O) groups excluding carboxylic acids is 1. The molecule has 0 aromatic carbocycles. The van der Waals surface area contributed by atoms with Crippen LogP contribution in [-0.2, 0) is 4.79 Å². The molecule has 2 heterocycles. The van der Waals surface area contributed by atoms with Crippen LogP contribution < -0.4 is 5.32 Å². The second-order valence-corrected chi connectivity index (χ2v) is 6.38. The van der Waals surface area contributed by atoms with Crippen molar-refractivity contribution in [3.8, 4) is 0 Å². The molecule has 20 heavy (non-hydrogen) atoms. The number of rotatable bonds is 4. The summed E-state index contributed by atoms with van der Waals surface area (Å²) in [5.41, 5.74) is 1.88. The van der Waals surface area contributed by atoms with Crippen LogP contribution in [0.3, 0.4) is 0 Å². The van der Waals surface area contributed by atoms with E-state index in [2.05, 4.69) is 20.4 Å². The van der Waals surface area contributed by atoms with E-state index in [1.807, 2.05) is 40.7 Å². The lowest BCUT2D eigenvalue weighted by Crippen LogP contribution is -2.35. The smallest absolute Gasteiger partial charge is 0.253 e. The van der Waals surface area contributed by atoms with Crippen LogP contribution in [0.25, 0.3) is 5.78 Å². The maximum Gasteiger partial charge on any atom is 0.253 e. The van der Waals surface area contributed by atoms with Gasteiger partial charge in [0, 0.05) is 17.4 Å². The van der Waals surface area contributed by atoms with Crippen molar-refractivity contribution in [3.05, 3.63) is 17.5 Å². The van der Waals surface area contributed by atoms with E-state index in [0.717, 1.165) is 11.4 Å². The Hall–Kier alpha value is -1.63. The molecule has 0 fully saturated rings. The van der Waals surface area contributed by atoms with Crippen LogP contribution in [0.1, 0.15) is 32.2 Å². The van der Waals surface area contributed by atoms with Gasteiger partial charge in [-0.2, -0.15) is 4.98 Å². The molecule has 1 amide bonds. The summed E-state index contributed by atoms with van der Waals surface area (Å²) in [4.78, 5) is 20.6. The van der Waals surface area contributed by atoms with E-state index in [1.54, 1.807) is 4.52 Å². The quantitative estimate of drug-likeness (QED) is 0.869. The number of carbonyl (C=O) groups is 1. The maximum absolute atomic E-state index is 11.9. The largest absolute Gasteiger partial charge is 0.353 e. The fraction of sp³-hybridized carbons (Fsp3) is 0.538. The van der Waals surface area contributed by atoms with Gasteiger partial charge in [0.15, 0.2) is 0 Å². The van der Waals surface area contributed by atoms with Crippen LogP contribution in [-0.4, -0.2) is 36.8 Å². The number of aromatic nitrogens is 4. The van der Waals surface area contributed by atoms with E-state index in [1.165, 1.54) is 11.8 Å². The maximum atomic E-state index is 11.9.